The van der Waals surface area contributed by atoms with Crippen LogP contribution in [0.3, 0.4) is 0 Å². The van der Waals surface area contributed by atoms with Gasteiger partial charge in [-0.05, 0) is 6.07 Å². The van der Waals surface area contributed by atoms with Crippen molar-refractivity contribution in [2.45, 2.75) is 0 Å². The Morgan fingerprint density at radius 3 is 2.50 bits per heavy atom. The van der Waals surface area contributed by atoms with E-state index in [1.165, 1.54) is 14.2 Å². The summed E-state index contributed by atoms with van der Waals surface area (Å²) in [5, 5.41) is 3.02. The van der Waals surface area contributed by atoms with Gasteiger partial charge in [-0.25, -0.2) is 0 Å². The lowest BCUT2D eigenvalue weighted by molar-refractivity contribution is -0.113. The van der Waals surface area contributed by atoms with Gasteiger partial charge in [0.2, 0.25) is 5.91 Å². The molecule has 0 aliphatic heterocycles. The summed E-state index contributed by atoms with van der Waals surface area (Å²) < 4.78 is 10.1. The lowest BCUT2D eigenvalue weighted by Gasteiger charge is -2.12. The van der Waals surface area contributed by atoms with E-state index in [1.54, 1.807) is 12.1 Å². The zero-order valence-electron chi connectivity index (χ0n) is 8.91. The number of carbonyl (C=O) groups is 1. The summed E-state index contributed by atoms with van der Waals surface area (Å²) in [6.45, 7) is 0. The number of thiol groups is 1. The fourth-order valence-corrected chi connectivity index (χ4v) is 1.47. The number of methoxy groups -OCH3 is 2. The van der Waals surface area contributed by atoms with Crippen LogP contribution < -0.4 is 14.8 Å². The number of amides is 1. The largest absolute Gasteiger partial charge is 0.495 e. The Hall–Kier alpha value is -1.07. The Morgan fingerprint density at radius 1 is 1.38 bits per heavy atom. The van der Waals surface area contributed by atoms with Gasteiger partial charge in [0, 0.05) is 6.07 Å². The molecule has 1 aromatic rings. The predicted octanol–water partition coefficient (Wildman–Crippen LogP) is 2.23. The first-order valence-electron chi connectivity index (χ1n) is 4.44. The first-order valence-corrected chi connectivity index (χ1v) is 5.45. The van der Waals surface area contributed by atoms with Crippen molar-refractivity contribution in [1.29, 1.82) is 0 Å². The summed E-state index contributed by atoms with van der Waals surface area (Å²) in [6.07, 6.45) is 0. The molecule has 0 saturated carbocycles. The fraction of sp³-hybridized carbons (Fsp3) is 0.300. The highest BCUT2D eigenvalue weighted by molar-refractivity contribution is 7.81. The van der Waals surface area contributed by atoms with Crippen LogP contribution in [0, 0.1) is 0 Å². The average molecular weight is 262 g/mol. The van der Waals surface area contributed by atoms with E-state index in [-0.39, 0.29) is 11.7 Å². The minimum absolute atomic E-state index is 0.0901. The van der Waals surface area contributed by atoms with Gasteiger partial charge in [0.25, 0.3) is 0 Å². The molecule has 6 heteroatoms. The Balaban J connectivity index is 3.08. The molecule has 0 fully saturated rings. The van der Waals surface area contributed by atoms with Gasteiger partial charge in [0.15, 0.2) is 0 Å². The highest BCUT2D eigenvalue weighted by atomic mass is 35.5. The SMILES string of the molecule is COc1cc(OC)c(NC(=O)CS)cc1Cl. The van der Waals surface area contributed by atoms with E-state index in [0.717, 1.165) is 0 Å². The molecule has 0 bridgehead atoms. The zero-order valence-corrected chi connectivity index (χ0v) is 10.6. The van der Waals surface area contributed by atoms with Crippen molar-refractivity contribution in [1.82, 2.24) is 0 Å². The maximum atomic E-state index is 11.2. The quantitative estimate of drug-likeness (QED) is 0.817. The summed E-state index contributed by atoms with van der Waals surface area (Å²) in [7, 11) is 3.01. The number of ether oxygens (including phenoxy) is 2. The van der Waals surface area contributed by atoms with Crippen molar-refractivity contribution in [2.75, 3.05) is 25.3 Å². The second-order valence-corrected chi connectivity index (χ2v) is 3.62. The topological polar surface area (TPSA) is 47.6 Å². The molecule has 0 saturated heterocycles. The van der Waals surface area contributed by atoms with Crippen LogP contribution in [0.5, 0.6) is 11.5 Å². The molecule has 88 valence electrons. The number of benzene rings is 1. The van der Waals surface area contributed by atoms with E-state index in [2.05, 4.69) is 17.9 Å². The summed E-state index contributed by atoms with van der Waals surface area (Å²) >= 11 is 9.80. The van der Waals surface area contributed by atoms with Crippen molar-refractivity contribution in [3.05, 3.63) is 17.2 Å². The van der Waals surface area contributed by atoms with Gasteiger partial charge in [0.05, 0.1) is 30.7 Å². The average Bonchev–Trinajstić information content (AvgIpc) is 2.29. The molecular weight excluding hydrogens is 250 g/mol. The zero-order chi connectivity index (χ0) is 12.1. The van der Waals surface area contributed by atoms with E-state index < -0.39 is 0 Å². The summed E-state index contributed by atoms with van der Waals surface area (Å²) in [6, 6.07) is 3.18. The Kier molecular flexibility index (Phi) is 4.76. The molecule has 1 rings (SSSR count). The standard InChI is InChI=1S/C10H12ClNO3S/c1-14-8-4-9(15-2)7(3-6(8)11)12-10(13)5-16/h3-4,16H,5H2,1-2H3,(H,12,13). The van der Waals surface area contributed by atoms with Gasteiger partial charge in [-0.15, -0.1) is 0 Å². The van der Waals surface area contributed by atoms with E-state index in [4.69, 9.17) is 21.1 Å². The molecule has 0 aromatic heterocycles. The maximum absolute atomic E-state index is 11.2. The molecule has 0 aliphatic rings. The number of rotatable bonds is 4. The summed E-state index contributed by atoms with van der Waals surface area (Å²) in [5.74, 6) is 0.828. The molecule has 0 aliphatic carbocycles. The number of hydrogen-bond donors (Lipinski definition) is 2. The summed E-state index contributed by atoms with van der Waals surface area (Å²) in [5.41, 5.74) is 0.493. The molecule has 0 atom stereocenters. The smallest absolute Gasteiger partial charge is 0.234 e. The van der Waals surface area contributed by atoms with Crippen LogP contribution in [0.4, 0.5) is 5.69 Å². The number of anilines is 1. The maximum Gasteiger partial charge on any atom is 0.234 e. The number of nitrogens with one attached hydrogen (secondary N) is 1. The van der Waals surface area contributed by atoms with Crippen LogP contribution in [0.1, 0.15) is 0 Å². The van der Waals surface area contributed by atoms with Crippen molar-refractivity contribution >= 4 is 35.8 Å². The number of carbonyl (C=O) groups excluding carboxylic acids is 1. The summed E-state index contributed by atoms with van der Waals surface area (Å²) in [4.78, 5) is 11.2. The minimum atomic E-state index is -0.233. The Labute approximate surface area is 104 Å². The molecule has 1 N–H and O–H groups in total. The fourth-order valence-electron chi connectivity index (χ4n) is 1.15. The number of halogens is 1. The van der Waals surface area contributed by atoms with Gasteiger partial charge in [-0.2, -0.15) is 12.6 Å². The van der Waals surface area contributed by atoms with Crippen molar-refractivity contribution in [2.24, 2.45) is 0 Å². The van der Waals surface area contributed by atoms with E-state index in [1.807, 2.05) is 0 Å². The third kappa shape index (κ3) is 2.96. The molecule has 0 radical (unpaired) electrons. The highest BCUT2D eigenvalue weighted by Crippen LogP contribution is 2.35. The highest BCUT2D eigenvalue weighted by Gasteiger charge is 2.11. The van der Waals surface area contributed by atoms with Crippen LogP contribution in [0.15, 0.2) is 12.1 Å². The lowest BCUT2D eigenvalue weighted by Crippen LogP contribution is -2.13. The van der Waals surface area contributed by atoms with Crippen LogP contribution in [0.25, 0.3) is 0 Å². The predicted molar refractivity (Wildman–Crippen MR) is 67.0 cm³/mol. The Bertz CT molecular complexity index is 398. The van der Waals surface area contributed by atoms with Gasteiger partial charge in [-0.1, -0.05) is 11.6 Å². The van der Waals surface area contributed by atoms with Crippen molar-refractivity contribution in [3.63, 3.8) is 0 Å². The van der Waals surface area contributed by atoms with E-state index in [9.17, 15) is 4.79 Å². The van der Waals surface area contributed by atoms with E-state index in [0.29, 0.717) is 22.2 Å². The molecule has 1 amide bonds. The van der Waals surface area contributed by atoms with Crippen LogP contribution in [-0.4, -0.2) is 25.9 Å². The normalized spacial score (nSPS) is 9.75. The molecule has 16 heavy (non-hydrogen) atoms. The Morgan fingerprint density at radius 2 is 2.00 bits per heavy atom. The first kappa shape index (κ1) is 13.0. The van der Waals surface area contributed by atoms with Crippen molar-refractivity contribution in [3.8, 4) is 11.5 Å². The second kappa shape index (κ2) is 5.86. The van der Waals surface area contributed by atoms with Gasteiger partial charge < -0.3 is 14.8 Å². The lowest BCUT2D eigenvalue weighted by atomic mass is 10.2. The third-order valence-corrected chi connectivity index (χ3v) is 2.47. The minimum Gasteiger partial charge on any atom is -0.495 e. The monoisotopic (exact) mass is 261 g/mol. The third-order valence-electron chi connectivity index (χ3n) is 1.89. The second-order valence-electron chi connectivity index (χ2n) is 2.89. The molecule has 0 spiro atoms. The van der Waals surface area contributed by atoms with Gasteiger partial charge >= 0.3 is 0 Å². The molecular formula is C10H12ClNO3S. The number of hydrogen-bond acceptors (Lipinski definition) is 4. The van der Waals surface area contributed by atoms with Crippen LogP contribution in [-0.2, 0) is 4.79 Å². The van der Waals surface area contributed by atoms with Gasteiger partial charge in [0.1, 0.15) is 11.5 Å². The van der Waals surface area contributed by atoms with Gasteiger partial charge in [-0.3, -0.25) is 4.79 Å². The van der Waals surface area contributed by atoms with E-state index >= 15 is 0 Å². The van der Waals surface area contributed by atoms with Crippen molar-refractivity contribution < 1.29 is 14.3 Å². The first-order chi connectivity index (χ1) is 7.62. The van der Waals surface area contributed by atoms with Crippen LogP contribution >= 0.6 is 24.2 Å². The molecule has 0 unspecified atom stereocenters. The molecule has 4 nitrogen and oxygen atoms in total. The molecule has 1 aromatic carbocycles. The van der Waals surface area contributed by atoms with Crippen LogP contribution in [0.2, 0.25) is 5.02 Å². The molecule has 0 heterocycles.